The Morgan fingerprint density at radius 1 is 1.50 bits per heavy atom. The van der Waals surface area contributed by atoms with Crippen molar-refractivity contribution in [1.82, 2.24) is 0 Å². The number of hydrogen-bond donors (Lipinski definition) is 1. The number of carbonyl (C=O) groups is 2. The molecule has 2 fully saturated rings. The van der Waals surface area contributed by atoms with Gasteiger partial charge in [0.1, 0.15) is 12.2 Å². The van der Waals surface area contributed by atoms with Crippen LogP contribution in [0, 0.1) is 17.8 Å². The monoisotopic (exact) mass is 306 g/mol. The lowest BCUT2D eigenvalue weighted by Gasteiger charge is -2.34. The zero-order chi connectivity index (χ0) is 16.2. The number of aliphatic hydroxyl groups is 1. The summed E-state index contributed by atoms with van der Waals surface area (Å²) in [6.45, 7) is 8.95. The summed E-state index contributed by atoms with van der Waals surface area (Å²) in [4.78, 5) is 23.4. The zero-order valence-corrected chi connectivity index (χ0v) is 13.2. The predicted octanol–water partition coefficient (Wildman–Crippen LogP) is 1.75. The van der Waals surface area contributed by atoms with Crippen molar-refractivity contribution < 1.29 is 24.2 Å². The Kier molecular flexibility index (Phi) is 3.44. The maximum absolute atomic E-state index is 12.0. The fraction of sp³-hybridized carbons (Fsp3) is 0.647. The summed E-state index contributed by atoms with van der Waals surface area (Å²) >= 11 is 0. The Bertz CT molecular complexity index is 574. The molecule has 0 radical (unpaired) electrons. The molecule has 1 N–H and O–H groups in total. The van der Waals surface area contributed by atoms with E-state index in [1.165, 1.54) is 6.92 Å². The molecule has 0 bridgehead atoms. The molecule has 1 saturated carbocycles. The smallest absolute Gasteiger partial charge is 0.334 e. The first-order valence-corrected chi connectivity index (χ1v) is 7.68. The van der Waals surface area contributed by atoms with Gasteiger partial charge in [0.2, 0.25) is 0 Å². The van der Waals surface area contributed by atoms with Crippen molar-refractivity contribution in [3.05, 3.63) is 23.8 Å². The molecule has 0 aromatic carbocycles. The van der Waals surface area contributed by atoms with E-state index in [1.54, 1.807) is 6.92 Å². The number of fused-ring (bicyclic) bond motifs is 3. The lowest BCUT2D eigenvalue weighted by Crippen LogP contribution is -2.40. The van der Waals surface area contributed by atoms with Gasteiger partial charge in [-0.15, -0.1) is 0 Å². The number of esters is 2. The van der Waals surface area contributed by atoms with Crippen LogP contribution in [0.2, 0.25) is 0 Å². The Labute approximate surface area is 130 Å². The quantitative estimate of drug-likeness (QED) is 0.454. The van der Waals surface area contributed by atoms with Crippen LogP contribution in [0.5, 0.6) is 0 Å². The molecule has 3 rings (SSSR count). The molecule has 2 aliphatic carbocycles. The lowest BCUT2D eigenvalue weighted by molar-refractivity contribution is -0.152. The van der Waals surface area contributed by atoms with Gasteiger partial charge in [0.15, 0.2) is 0 Å². The van der Waals surface area contributed by atoms with E-state index >= 15 is 0 Å². The predicted molar refractivity (Wildman–Crippen MR) is 78.7 cm³/mol. The average molecular weight is 306 g/mol. The second kappa shape index (κ2) is 4.95. The molecule has 3 aliphatic rings. The van der Waals surface area contributed by atoms with Crippen molar-refractivity contribution in [1.29, 1.82) is 0 Å². The molecule has 1 saturated heterocycles. The minimum absolute atomic E-state index is 0.0424. The van der Waals surface area contributed by atoms with E-state index in [-0.39, 0.29) is 24.2 Å². The van der Waals surface area contributed by atoms with E-state index in [9.17, 15) is 14.7 Å². The molecular weight excluding hydrogens is 284 g/mol. The second-order valence-electron chi connectivity index (χ2n) is 6.95. The molecule has 6 atom stereocenters. The van der Waals surface area contributed by atoms with E-state index in [0.29, 0.717) is 5.57 Å². The standard InChI is InChI=1S/C17H22O5/c1-8-5-6-11-13(8)15-14(9(2)16(19)22-15)12(21-10(3)18)7-17(11,4)20/h5,11-15,20H,2,6-7H2,1,3-4H3/t11-,12-,13+,14-,15+,17+/m1/s1. The third kappa shape index (κ3) is 2.19. The summed E-state index contributed by atoms with van der Waals surface area (Å²) in [5, 5.41) is 10.9. The van der Waals surface area contributed by atoms with Crippen LogP contribution in [0.15, 0.2) is 23.8 Å². The van der Waals surface area contributed by atoms with Gasteiger partial charge in [0.05, 0.1) is 11.5 Å². The van der Waals surface area contributed by atoms with Crippen molar-refractivity contribution in [3.63, 3.8) is 0 Å². The summed E-state index contributed by atoms with van der Waals surface area (Å²) < 4.78 is 11.0. The molecule has 0 amide bonds. The highest BCUT2D eigenvalue weighted by Gasteiger charge is 2.58. The maximum atomic E-state index is 12.0. The number of allylic oxidation sites excluding steroid dienone is 1. The molecule has 22 heavy (non-hydrogen) atoms. The van der Waals surface area contributed by atoms with E-state index in [0.717, 1.165) is 12.0 Å². The number of carbonyl (C=O) groups excluding carboxylic acids is 2. The average Bonchev–Trinajstić information content (AvgIpc) is 2.87. The highest BCUT2D eigenvalue weighted by molar-refractivity contribution is 5.91. The van der Waals surface area contributed by atoms with Gasteiger partial charge in [0, 0.05) is 30.8 Å². The van der Waals surface area contributed by atoms with Gasteiger partial charge in [-0.2, -0.15) is 0 Å². The van der Waals surface area contributed by atoms with Gasteiger partial charge in [-0.3, -0.25) is 4.79 Å². The van der Waals surface area contributed by atoms with Crippen molar-refractivity contribution >= 4 is 11.9 Å². The third-order valence-electron chi connectivity index (χ3n) is 5.40. The van der Waals surface area contributed by atoms with Crippen molar-refractivity contribution in [2.24, 2.45) is 17.8 Å². The van der Waals surface area contributed by atoms with Gasteiger partial charge in [-0.25, -0.2) is 4.79 Å². The Balaban J connectivity index is 2.05. The molecular formula is C17H22O5. The van der Waals surface area contributed by atoms with Crippen molar-refractivity contribution in [2.45, 2.75) is 51.4 Å². The van der Waals surface area contributed by atoms with Crippen LogP contribution in [0.1, 0.15) is 33.6 Å². The first-order chi connectivity index (χ1) is 10.2. The first kappa shape index (κ1) is 15.3. The van der Waals surface area contributed by atoms with Gasteiger partial charge in [-0.1, -0.05) is 18.2 Å². The van der Waals surface area contributed by atoms with Crippen LogP contribution in [0.25, 0.3) is 0 Å². The molecule has 0 unspecified atom stereocenters. The molecule has 1 heterocycles. The van der Waals surface area contributed by atoms with Gasteiger partial charge < -0.3 is 14.6 Å². The highest BCUT2D eigenvalue weighted by atomic mass is 16.6. The van der Waals surface area contributed by atoms with Crippen molar-refractivity contribution in [2.75, 3.05) is 0 Å². The van der Waals surface area contributed by atoms with Crippen LogP contribution < -0.4 is 0 Å². The molecule has 120 valence electrons. The summed E-state index contributed by atoms with van der Waals surface area (Å²) in [6.07, 6.45) is 2.12. The lowest BCUT2D eigenvalue weighted by atomic mass is 9.76. The fourth-order valence-electron chi connectivity index (χ4n) is 4.40. The molecule has 0 spiro atoms. The molecule has 0 aromatic heterocycles. The van der Waals surface area contributed by atoms with E-state index < -0.39 is 29.7 Å². The minimum Gasteiger partial charge on any atom is -0.462 e. The van der Waals surface area contributed by atoms with Gasteiger partial charge in [-0.05, 0) is 20.3 Å². The fourth-order valence-corrected chi connectivity index (χ4v) is 4.40. The summed E-state index contributed by atoms with van der Waals surface area (Å²) in [5.74, 6) is -1.33. The van der Waals surface area contributed by atoms with Gasteiger partial charge in [0.25, 0.3) is 0 Å². The maximum Gasteiger partial charge on any atom is 0.334 e. The van der Waals surface area contributed by atoms with Crippen molar-refractivity contribution in [3.8, 4) is 0 Å². The Morgan fingerprint density at radius 3 is 2.82 bits per heavy atom. The second-order valence-corrected chi connectivity index (χ2v) is 6.95. The van der Waals surface area contributed by atoms with Crippen LogP contribution in [0.3, 0.4) is 0 Å². The SMILES string of the molecule is C=C1C(=O)O[C@H]2[C@H]3C(C)=CC[C@H]3[C@@](C)(O)C[C@@H](OC(C)=O)[C@@H]12. The largest absolute Gasteiger partial charge is 0.462 e. The molecule has 5 heteroatoms. The summed E-state index contributed by atoms with van der Waals surface area (Å²) in [6, 6.07) is 0. The zero-order valence-electron chi connectivity index (χ0n) is 13.2. The van der Waals surface area contributed by atoms with E-state index in [4.69, 9.17) is 9.47 Å². The van der Waals surface area contributed by atoms with Crippen LogP contribution in [-0.2, 0) is 19.1 Å². The van der Waals surface area contributed by atoms with Crippen LogP contribution in [0.4, 0.5) is 0 Å². The summed E-state index contributed by atoms with van der Waals surface area (Å²) in [5.41, 5.74) is 0.467. The van der Waals surface area contributed by atoms with E-state index in [2.05, 4.69) is 12.7 Å². The number of ether oxygens (including phenoxy) is 2. The Hall–Kier alpha value is -1.62. The van der Waals surface area contributed by atoms with Crippen LogP contribution >= 0.6 is 0 Å². The molecule has 1 aliphatic heterocycles. The Morgan fingerprint density at radius 2 is 2.18 bits per heavy atom. The van der Waals surface area contributed by atoms with Gasteiger partial charge >= 0.3 is 11.9 Å². The highest BCUT2D eigenvalue weighted by Crippen LogP contribution is 2.52. The minimum atomic E-state index is -0.990. The topological polar surface area (TPSA) is 72.8 Å². The summed E-state index contributed by atoms with van der Waals surface area (Å²) in [7, 11) is 0. The number of rotatable bonds is 1. The number of hydrogen-bond acceptors (Lipinski definition) is 5. The third-order valence-corrected chi connectivity index (χ3v) is 5.40. The first-order valence-electron chi connectivity index (χ1n) is 7.68. The molecule has 0 aromatic rings. The van der Waals surface area contributed by atoms with Crippen LogP contribution in [-0.4, -0.2) is 34.9 Å². The normalized spacial score (nSPS) is 43.8. The van der Waals surface area contributed by atoms with E-state index in [1.807, 2.05) is 6.92 Å². The molecule has 5 nitrogen and oxygen atoms in total.